The van der Waals surface area contributed by atoms with Gasteiger partial charge in [0.1, 0.15) is 18.2 Å². The molecule has 5 heteroatoms. The van der Waals surface area contributed by atoms with Gasteiger partial charge < -0.3 is 14.8 Å². The molecule has 2 heterocycles. The van der Waals surface area contributed by atoms with Crippen LogP contribution in [0.15, 0.2) is 138 Å². The molecule has 4 aromatic carbocycles. The van der Waals surface area contributed by atoms with Crippen LogP contribution in [0.3, 0.4) is 0 Å². The molecule has 0 aliphatic carbocycles. The first-order chi connectivity index (χ1) is 18.3. The summed E-state index contributed by atoms with van der Waals surface area (Å²) < 4.78 is 12.9. The van der Waals surface area contributed by atoms with Crippen LogP contribution in [0, 0.1) is 11.3 Å². The third-order valence-corrected chi connectivity index (χ3v) is 6.72. The number of nitrogens with one attached hydrogen (secondary N) is 1. The normalized spacial score (nSPS) is 23.7. The van der Waals surface area contributed by atoms with E-state index in [4.69, 9.17) is 14.5 Å². The largest absolute Gasteiger partial charge is 0.467 e. The fourth-order valence-corrected chi connectivity index (χ4v) is 4.92. The van der Waals surface area contributed by atoms with Crippen LogP contribution in [0.1, 0.15) is 46.5 Å². The van der Waals surface area contributed by atoms with Gasteiger partial charge in [0.05, 0.1) is 6.04 Å². The van der Waals surface area contributed by atoms with Gasteiger partial charge in [0.25, 0.3) is 0 Å². The fraction of sp³-hybridized carbons (Fsp3) is 0.125. The van der Waals surface area contributed by atoms with Crippen LogP contribution >= 0.6 is 0 Å². The molecule has 6 rings (SSSR count). The van der Waals surface area contributed by atoms with Gasteiger partial charge in [0, 0.05) is 0 Å². The van der Waals surface area contributed by atoms with Crippen molar-refractivity contribution in [2.24, 2.45) is 4.99 Å². The SMILES string of the molecule is N#CC(C1=N[C@@H](c2ccccc2)[C@@H](c2ccccc2)O1)=C1N[C@@H](c2ccccc2)[C@@H](c2ccccc2)O1. The summed E-state index contributed by atoms with van der Waals surface area (Å²) in [7, 11) is 0. The number of ether oxygens (including phenoxy) is 2. The van der Waals surface area contributed by atoms with Crippen LogP contribution in [0.4, 0.5) is 0 Å². The number of nitrogens with zero attached hydrogens (tertiary/aromatic N) is 2. The molecule has 4 aromatic rings. The summed E-state index contributed by atoms with van der Waals surface area (Å²) in [6.45, 7) is 0. The summed E-state index contributed by atoms with van der Waals surface area (Å²) in [5.74, 6) is 0.665. The van der Waals surface area contributed by atoms with Gasteiger partial charge in [-0.3, -0.25) is 0 Å². The maximum Gasteiger partial charge on any atom is 0.234 e. The molecule has 2 aliphatic heterocycles. The van der Waals surface area contributed by atoms with Crippen LogP contribution < -0.4 is 5.32 Å². The molecule has 0 bridgehead atoms. The topological polar surface area (TPSA) is 66.6 Å². The van der Waals surface area contributed by atoms with Gasteiger partial charge >= 0.3 is 0 Å². The molecule has 0 spiro atoms. The third-order valence-electron chi connectivity index (χ3n) is 6.72. The van der Waals surface area contributed by atoms with Crippen molar-refractivity contribution in [3.05, 3.63) is 155 Å². The van der Waals surface area contributed by atoms with E-state index >= 15 is 0 Å². The molecule has 1 N–H and O–H groups in total. The summed E-state index contributed by atoms with van der Waals surface area (Å²) in [5.41, 5.74) is 4.39. The Labute approximate surface area is 216 Å². The minimum absolute atomic E-state index is 0.168. The first-order valence-corrected chi connectivity index (χ1v) is 12.3. The van der Waals surface area contributed by atoms with E-state index in [1.807, 2.05) is 109 Å². The highest BCUT2D eigenvalue weighted by molar-refractivity contribution is 5.99. The van der Waals surface area contributed by atoms with E-state index in [9.17, 15) is 5.26 Å². The zero-order chi connectivity index (χ0) is 25.0. The Morgan fingerprint density at radius 2 is 1.11 bits per heavy atom. The molecule has 0 unspecified atom stereocenters. The quantitative estimate of drug-likeness (QED) is 0.320. The lowest BCUT2D eigenvalue weighted by molar-refractivity contribution is 0.149. The zero-order valence-corrected chi connectivity index (χ0v) is 20.1. The van der Waals surface area contributed by atoms with Crippen molar-refractivity contribution in [2.45, 2.75) is 24.3 Å². The highest BCUT2D eigenvalue weighted by atomic mass is 16.5. The molecule has 4 atom stereocenters. The predicted molar refractivity (Wildman–Crippen MR) is 142 cm³/mol. The first kappa shape index (κ1) is 22.6. The Bertz CT molecular complexity index is 1410. The number of hydrogen-bond donors (Lipinski definition) is 1. The highest BCUT2D eigenvalue weighted by Gasteiger charge is 2.40. The average molecular weight is 484 g/mol. The molecule has 1 saturated heterocycles. The van der Waals surface area contributed by atoms with Crippen molar-refractivity contribution in [3.8, 4) is 6.07 Å². The van der Waals surface area contributed by atoms with Gasteiger partial charge in [-0.15, -0.1) is 0 Å². The predicted octanol–water partition coefficient (Wildman–Crippen LogP) is 6.74. The lowest BCUT2D eigenvalue weighted by atomic mass is 9.97. The van der Waals surface area contributed by atoms with Gasteiger partial charge in [0.2, 0.25) is 11.8 Å². The van der Waals surface area contributed by atoms with Crippen molar-refractivity contribution in [2.75, 3.05) is 0 Å². The van der Waals surface area contributed by atoms with E-state index in [0.717, 1.165) is 22.3 Å². The van der Waals surface area contributed by atoms with E-state index in [0.29, 0.717) is 5.88 Å². The van der Waals surface area contributed by atoms with E-state index in [1.54, 1.807) is 0 Å². The second-order valence-corrected chi connectivity index (χ2v) is 9.04. The van der Waals surface area contributed by atoms with Crippen molar-refractivity contribution in [3.63, 3.8) is 0 Å². The van der Waals surface area contributed by atoms with E-state index in [1.165, 1.54) is 0 Å². The van der Waals surface area contributed by atoms with Gasteiger partial charge in [-0.2, -0.15) is 5.26 Å². The minimum atomic E-state index is -0.348. The highest BCUT2D eigenvalue weighted by Crippen LogP contribution is 2.44. The van der Waals surface area contributed by atoms with Crippen molar-refractivity contribution < 1.29 is 9.47 Å². The molecule has 5 nitrogen and oxygen atoms in total. The molecular weight excluding hydrogens is 458 g/mol. The van der Waals surface area contributed by atoms with E-state index in [-0.39, 0.29) is 35.8 Å². The number of hydrogen-bond acceptors (Lipinski definition) is 5. The Morgan fingerprint density at radius 3 is 1.65 bits per heavy atom. The van der Waals surface area contributed by atoms with Gasteiger partial charge in [-0.1, -0.05) is 121 Å². The third kappa shape index (κ3) is 4.46. The molecule has 0 radical (unpaired) electrons. The summed E-state index contributed by atoms with van der Waals surface area (Å²) in [6.07, 6.45) is -0.655. The molecule has 0 saturated carbocycles. The Hall–Kier alpha value is -4.82. The number of nitriles is 1. The van der Waals surface area contributed by atoms with Crippen molar-refractivity contribution in [1.82, 2.24) is 5.32 Å². The second-order valence-electron chi connectivity index (χ2n) is 9.04. The summed E-state index contributed by atoms with van der Waals surface area (Å²) in [4.78, 5) is 4.92. The second kappa shape index (κ2) is 10.0. The molecule has 37 heavy (non-hydrogen) atoms. The fourth-order valence-electron chi connectivity index (χ4n) is 4.92. The maximum atomic E-state index is 10.3. The monoisotopic (exact) mass is 483 g/mol. The molecule has 1 fully saturated rings. The summed E-state index contributed by atoms with van der Waals surface area (Å²) >= 11 is 0. The van der Waals surface area contributed by atoms with Gasteiger partial charge in [0.15, 0.2) is 11.7 Å². The Morgan fingerprint density at radius 1 is 0.622 bits per heavy atom. The molecule has 180 valence electrons. The number of rotatable bonds is 5. The number of benzene rings is 4. The lowest BCUT2D eigenvalue weighted by Crippen LogP contribution is -2.18. The van der Waals surface area contributed by atoms with Crippen LogP contribution in [0.5, 0.6) is 0 Å². The van der Waals surface area contributed by atoms with Crippen LogP contribution in [0.25, 0.3) is 0 Å². The lowest BCUT2D eigenvalue weighted by Gasteiger charge is -2.18. The molecule has 0 aromatic heterocycles. The molecular formula is C32H25N3O2. The van der Waals surface area contributed by atoms with E-state index < -0.39 is 0 Å². The summed E-state index contributed by atoms with van der Waals surface area (Å²) in [6, 6.07) is 42.1. The minimum Gasteiger partial charge on any atom is -0.467 e. The first-order valence-electron chi connectivity index (χ1n) is 12.3. The number of aliphatic imine (C=N–C) groups is 1. The molecule has 2 aliphatic rings. The summed E-state index contributed by atoms with van der Waals surface area (Å²) in [5, 5.41) is 13.8. The van der Waals surface area contributed by atoms with Crippen LogP contribution in [0.2, 0.25) is 0 Å². The smallest absolute Gasteiger partial charge is 0.234 e. The van der Waals surface area contributed by atoms with Gasteiger partial charge in [-0.25, -0.2) is 4.99 Å². The Balaban J connectivity index is 1.40. The van der Waals surface area contributed by atoms with E-state index in [2.05, 4.69) is 23.5 Å². The Kier molecular flexibility index (Phi) is 6.14. The van der Waals surface area contributed by atoms with Crippen LogP contribution in [-0.4, -0.2) is 5.90 Å². The molecule has 0 amide bonds. The zero-order valence-electron chi connectivity index (χ0n) is 20.1. The average Bonchev–Trinajstić information content (AvgIpc) is 3.61. The van der Waals surface area contributed by atoms with Crippen LogP contribution in [-0.2, 0) is 9.47 Å². The van der Waals surface area contributed by atoms with Crippen molar-refractivity contribution >= 4 is 5.90 Å². The maximum absolute atomic E-state index is 10.3. The van der Waals surface area contributed by atoms with Crippen molar-refractivity contribution in [1.29, 1.82) is 5.26 Å². The van der Waals surface area contributed by atoms with Gasteiger partial charge in [-0.05, 0) is 22.3 Å². The standard InChI is InChI=1S/C32H25N3O2/c33-21-26(31-34-27(22-13-5-1-6-14-22)29(36-31)24-17-9-3-10-18-24)32-35-28(23-15-7-2-8-16-23)30(37-32)25-19-11-4-12-20-25/h1-20,27-30,34H/t27-,28-,29+,30+/m0/s1.